The van der Waals surface area contributed by atoms with E-state index in [1.807, 2.05) is 0 Å². The topological polar surface area (TPSA) is 95.1 Å². The monoisotopic (exact) mass is 343 g/mol. The third kappa shape index (κ3) is 3.33. The molecule has 0 unspecified atom stereocenters. The van der Waals surface area contributed by atoms with Gasteiger partial charge in [0.2, 0.25) is 0 Å². The Balaban J connectivity index is 2.30. The molecule has 0 saturated heterocycles. The molecule has 0 aromatic carbocycles. The van der Waals surface area contributed by atoms with Crippen LogP contribution in [-0.4, -0.2) is 21.0 Å². The molecule has 2 heterocycles. The summed E-state index contributed by atoms with van der Waals surface area (Å²) in [5, 5.41) is 12.1. The van der Waals surface area contributed by atoms with Crippen molar-refractivity contribution in [2.45, 2.75) is 0 Å². The molecule has 6 nitrogen and oxygen atoms in total. The number of pyridine rings is 2. The first-order valence-corrected chi connectivity index (χ1v) is 6.18. The van der Waals surface area contributed by atoms with E-state index in [4.69, 9.17) is 11.6 Å². The lowest BCUT2D eigenvalue weighted by molar-refractivity contribution is 0.102. The van der Waals surface area contributed by atoms with E-state index in [0.29, 0.717) is 15.3 Å². The summed E-state index contributed by atoms with van der Waals surface area (Å²) in [5.74, 6) is -0.952. The summed E-state index contributed by atoms with van der Waals surface area (Å²) in [5.41, 5.74) is -0.196. The molecule has 0 aliphatic rings. The predicted molar refractivity (Wildman–Crippen MR) is 73.6 cm³/mol. The Bertz CT molecular complexity index is 702. The highest BCUT2D eigenvalue weighted by molar-refractivity contribution is 9.10. The smallest absolute Gasteiger partial charge is 0.256 e. The van der Waals surface area contributed by atoms with Gasteiger partial charge in [0.1, 0.15) is 4.60 Å². The number of hydrogen-bond acceptors (Lipinski definition) is 4. The zero-order chi connectivity index (χ0) is 14.0. The molecule has 0 saturated carbocycles. The number of carbonyl (C=O) groups is 1. The fourth-order valence-electron chi connectivity index (χ4n) is 1.36. The third-order valence-corrected chi connectivity index (χ3v) is 2.98. The molecular weight excluding hydrogens is 337 g/mol. The number of aromatic amines is 1. The quantitative estimate of drug-likeness (QED) is 0.727. The summed E-state index contributed by atoms with van der Waals surface area (Å²) in [4.78, 5) is 29.1. The molecule has 0 aliphatic carbocycles. The molecular formula is C11H7BrClN3O3. The van der Waals surface area contributed by atoms with E-state index in [0.717, 1.165) is 12.1 Å². The highest BCUT2D eigenvalue weighted by Crippen LogP contribution is 2.23. The number of aromatic hydroxyl groups is 1. The summed E-state index contributed by atoms with van der Waals surface area (Å²) < 4.78 is 0.402. The van der Waals surface area contributed by atoms with Crippen molar-refractivity contribution in [2.75, 3.05) is 5.32 Å². The average molecular weight is 345 g/mol. The van der Waals surface area contributed by atoms with E-state index in [2.05, 4.69) is 31.2 Å². The number of hydrogen-bond donors (Lipinski definition) is 3. The maximum Gasteiger partial charge on any atom is 0.256 e. The minimum Gasteiger partial charge on any atom is -0.494 e. The normalized spacial score (nSPS) is 10.2. The van der Waals surface area contributed by atoms with Gasteiger partial charge in [0.15, 0.2) is 5.88 Å². The van der Waals surface area contributed by atoms with Gasteiger partial charge in [0, 0.05) is 18.3 Å². The van der Waals surface area contributed by atoms with Gasteiger partial charge in [-0.05, 0) is 22.0 Å². The summed E-state index contributed by atoms with van der Waals surface area (Å²) >= 11 is 8.93. The number of nitrogens with zero attached hydrogens (tertiary/aromatic N) is 1. The number of halogens is 2. The second-order valence-corrected chi connectivity index (χ2v) is 4.75. The maximum absolute atomic E-state index is 11.9. The van der Waals surface area contributed by atoms with Gasteiger partial charge >= 0.3 is 0 Å². The first-order valence-electron chi connectivity index (χ1n) is 5.01. The van der Waals surface area contributed by atoms with Crippen molar-refractivity contribution < 1.29 is 9.90 Å². The first kappa shape index (κ1) is 13.6. The molecule has 1 amide bonds. The van der Waals surface area contributed by atoms with Crippen molar-refractivity contribution in [3.05, 3.63) is 49.9 Å². The second-order valence-electron chi connectivity index (χ2n) is 3.56. The molecule has 98 valence electrons. The van der Waals surface area contributed by atoms with Gasteiger partial charge in [0.05, 0.1) is 16.3 Å². The minimum absolute atomic E-state index is 0.0214. The molecule has 3 N–H and O–H groups in total. The van der Waals surface area contributed by atoms with Crippen molar-refractivity contribution in [3.63, 3.8) is 0 Å². The van der Waals surface area contributed by atoms with Gasteiger partial charge in [-0.3, -0.25) is 14.6 Å². The van der Waals surface area contributed by atoms with E-state index in [1.165, 1.54) is 12.3 Å². The average Bonchev–Trinajstić information content (AvgIpc) is 2.32. The molecule has 2 aromatic heterocycles. The lowest BCUT2D eigenvalue weighted by Crippen LogP contribution is -2.16. The largest absolute Gasteiger partial charge is 0.494 e. The fourth-order valence-corrected chi connectivity index (χ4v) is 1.84. The summed E-state index contributed by atoms with van der Waals surface area (Å²) in [6.45, 7) is 0. The molecule has 0 atom stereocenters. The lowest BCUT2D eigenvalue weighted by Gasteiger charge is -2.07. The Labute approximate surface area is 120 Å². The van der Waals surface area contributed by atoms with Crippen LogP contribution in [0.25, 0.3) is 0 Å². The van der Waals surface area contributed by atoms with Gasteiger partial charge in [0.25, 0.3) is 11.5 Å². The van der Waals surface area contributed by atoms with Crippen LogP contribution in [0.3, 0.4) is 0 Å². The minimum atomic E-state index is -0.576. The van der Waals surface area contributed by atoms with Gasteiger partial charge < -0.3 is 10.4 Å². The number of nitrogens with one attached hydrogen (secondary N) is 2. The zero-order valence-electron chi connectivity index (χ0n) is 9.28. The molecule has 0 fully saturated rings. The Kier molecular flexibility index (Phi) is 3.87. The molecule has 8 heteroatoms. The Morgan fingerprint density at radius 3 is 2.84 bits per heavy atom. The maximum atomic E-state index is 11.9. The standard InChI is InChI=1S/C11H7BrClN3O3/c12-10-7(3-6(13)4-14-10)15-11(19)5-1-8(17)16-9(18)2-5/h1-4H,(H,15,19)(H2,16,17,18). The Morgan fingerprint density at radius 1 is 1.42 bits per heavy atom. The van der Waals surface area contributed by atoms with Crippen molar-refractivity contribution in [1.29, 1.82) is 0 Å². The van der Waals surface area contributed by atoms with E-state index < -0.39 is 11.5 Å². The molecule has 0 spiro atoms. The highest BCUT2D eigenvalue weighted by Gasteiger charge is 2.11. The van der Waals surface area contributed by atoms with Crippen LogP contribution in [0, 0.1) is 0 Å². The number of aromatic nitrogens is 2. The van der Waals surface area contributed by atoms with Crippen molar-refractivity contribution in [1.82, 2.24) is 9.97 Å². The molecule has 19 heavy (non-hydrogen) atoms. The summed E-state index contributed by atoms with van der Waals surface area (Å²) in [7, 11) is 0. The number of amides is 1. The molecule has 0 radical (unpaired) electrons. The van der Waals surface area contributed by atoms with Crippen LogP contribution in [0.5, 0.6) is 5.88 Å². The predicted octanol–water partition coefficient (Wildman–Crippen LogP) is 2.14. The Morgan fingerprint density at radius 2 is 2.16 bits per heavy atom. The van der Waals surface area contributed by atoms with Gasteiger partial charge in [-0.25, -0.2) is 4.98 Å². The van der Waals surface area contributed by atoms with Crippen LogP contribution in [0.15, 0.2) is 33.8 Å². The number of anilines is 1. The Hall–Kier alpha value is -1.86. The molecule has 2 rings (SSSR count). The third-order valence-electron chi connectivity index (χ3n) is 2.15. The van der Waals surface area contributed by atoms with E-state index in [1.54, 1.807) is 0 Å². The number of carbonyl (C=O) groups excluding carboxylic acids is 1. The first-order chi connectivity index (χ1) is 8.95. The van der Waals surface area contributed by atoms with E-state index in [9.17, 15) is 14.7 Å². The highest BCUT2D eigenvalue weighted by atomic mass is 79.9. The molecule has 2 aromatic rings. The van der Waals surface area contributed by atoms with Crippen LogP contribution >= 0.6 is 27.5 Å². The SMILES string of the molecule is O=C(Nc1cc(Cl)cnc1Br)c1cc(O)[nH]c(=O)c1. The van der Waals surface area contributed by atoms with Crippen LogP contribution in [0.1, 0.15) is 10.4 Å². The van der Waals surface area contributed by atoms with Crippen molar-refractivity contribution >= 4 is 39.1 Å². The van der Waals surface area contributed by atoms with E-state index in [-0.39, 0.29) is 11.4 Å². The lowest BCUT2D eigenvalue weighted by atomic mass is 10.2. The molecule has 0 aliphatic heterocycles. The van der Waals surface area contributed by atoms with Gasteiger partial charge in [-0.2, -0.15) is 0 Å². The van der Waals surface area contributed by atoms with Crippen LogP contribution in [0.2, 0.25) is 5.02 Å². The van der Waals surface area contributed by atoms with Crippen LogP contribution in [-0.2, 0) is 0 Å². The van der Waals surface area contributed by atoms with Crippen molar-refractivity contribution in [2.24, 2.45) is 0 Å². The summed E-state index contributed by atoms with van der Waals surface area (Å²) in [6, 6.07) is 3.72. The zero-order valence-corrected chi connectivity index (χ0v) is 11.6. The van der Waals surface area contributed by atoms with Gasteiger partial charge in [-0.1, -0.05) is 11.6 Å². The number of rotatable bonds is 2. The van der Waals surface area contributed by atoms with Crippen LogP contribution in [0.4, 0.5) is 5.69 Å². The van der Waals surface area contributed by atoms with Gasteiger partial charge in [-0.15, -0.1) is 0 Å². The van der Waals surface area contributed by atoms with E-state index >= 15 is 0 Å². The van der Waals surface area contributed by atoms with Crippen molar-refractivity contribution in [3.8, 4) is 5.88 Å². The molecule has 0 bridgehead atoms. The second kappa shape index (κ2) is 5.41. The summed E-state index contributed by atoms with van der Waals surface area (Å²) in [6.07, 6.45) is 1.42. The van der Waals surface area contributed by atoms with Crippen LogP contribution < -0.4 is 10.9 Å². The fraction of sp³-hybridized carbons (Fsp3) is 0. The number of H-pyrrole nitrogens is 1.